The molecule has 1 aromatic carbocycles. The minimum atomic E-state index is -1.58. The monoisotopic (exact) mass is 250 g/mol. The van der Waals surface area contributed by atoms with Crippen LogP contribution < -0.4 is 5.43 Å². The summed E-state index contributed by atoms with van der Waals surface area (Å²) in [7, 11) is 0. The zero-order chi connectivity index (χ0) is 13.7. The van der Waals surface area contributed by atoms with Crippen molar-refractivity contribution in [3.63, 3.8) is 0 Å². The Kier molecular flexibility index (Phi) is 3.89. The molecule has 0 unspecified atom stereocenters. The first-order valence-corrected chi connectivity index (χ1v) is 4.35. The molecule has 8 heteroatoms. The van der Waals surface area contributed by atoms with Crippen LogP contribution in [0.15, 0.2) is 17.2 Å². The molecular weight excluding hydrogens is 246 g/mol. The minimum Gasteiger partial charge on any atom is -0.478 e. The van der Waals surface area contributed by atoms with Crippen LogP contribution in [-0.2, 0) is 0 Å². The minimum absolute atomic E-state index is 0.361. The van der Waals surface area contributed by atoms with Crippen LogP contribution in [0, 0.1) is 34.3 Å². The second-order valence-electron chi connectivity index (χ2n) is 2.91. The van der Waals surface area contributed by atoms with Crippen LogP contribution in [0.3, 0.4) is 0 Å². The normalized spacial score (nSPS) is 8.89. The molecule has 0 amide bonds. The molecule has 0 aromatic heterocycles. The van der Waals surface area contributed by atoms with Crippen molar-refractivity contribution in [2.45, 2.75) is 0 Å². The molecule has 0 radical (unpaired) electrons. The van der Waals surface area contributed by atoms with E-state index in [0.29, 0.717) is 12.1 Å². The van der Waals surface area contributed by atoms with Crippen LogP contribution >= 0.6 is 0 Å². The van der Waals surface area contributed by atoms with Crippen molar-refractivity contribution in [2.24, 2.45) is 5.10 Å². The van der Waals surface area contributed by atoms with E-state index in [-0.39, 0.29) is 0 Å². The van der Waals surface area contributed by atoms with Crippen LogP contribution in [0.1, 0.15) is 10.4 Å². The molecule has 1 aromatic rings. The van der Waals surface area contributed by atoms with Crippen LogP contribution in [0.4, 0.5) is 14.5 Å². The van der Waals surface area contributed by atoms with E-state index in [4.69, 9.17) is 15.6 Å². The Hall–Kier alpha value is -3.00. The molecule has 0 heterocycles. The molecule has 2 N–H and O–H groups in total. The molecular formula is C10H4F2N4O2. The first-order valence-electron chi connectivity index (χ1n) is 4.35. The van der Waals surface area contributed by atoms with E-state index in [0.717, 1.165) is 0 Å². The van der Waals surface area contributed by atoms with Crippen molar-refractivity contribution < 1.29 is 18.7 Å². The third kappa shape index (κ3) is 2.77. The number of carbonyl (C=O) groups is 1. The molecule has 0 spiro atoms. The molecule has 0 aliphatic heterocycles. The maximum absolute atomic E-state index is 13.2. The molecule has 0 aliphatic carbocycles. The van der Waals surface area contributed by atoms with Gasteiger partial charge >= 0.3 is 5.97 Å². The predicted octanol–water partition coefficient (Wildman–Crippen LogP) is 1.48. The van der Waals surface area contributed by atoms with Crippen molar-refractivity contribution in [1.82, 2.24) is 0 Å². The van der Waals surface area contributed by atoms with E-state index >= 15 is 0 Å². The Morgan fingerprint density at radius 2 is 1.89 bits per heavy atom. The number of hydrogen-bond donors (Lipinski definition) is 2. The average molecular weight is 250 g/mol. The highest BCUT2D eigenvalue weighted by Gasteiger charge is 2.15. The van der Waals surface area contributed by atoms with Gasteiger partial charge in [-0.25, -0.2) is 13.6 Å². The van der Waals surface area contributed by atoms with Gasteiger partial charge in [0.1, 0.15) is 18.0 Å². The summed E-state index contributed by atoms with van der Waals surface area (Å²) < 4.78 is 26.2. The Morgan fingerprint density at radius 1 is 1.28 bits per heavy atom. The summed E-state index contributed by atoms with van der Waals surface area (Å²) >= 11 is 0. The third-order valence-electron chi connectivity index (χ3n) is 1.79. The molecule has 6 nitrogen and oxygen atoms in total. The number of carboxylic acids is 1. The lowest BCUT2D eigenvalue weighted by Crippen LogP contribution is -2.05. The van der Waals surface area contributed by atoms with Gasteiger partial charge in [0.15, 0.2) is 5.82 Å². The number of carboxylic acid groups (broad SMARTS) is 1. The number of nitrogens with zero attached hydrogens (tertiary/aromatic N) is 3. The standard InChI is InChI=1S/C10H4F2N4O2/c11-7-2-8(12)9(1-6(7)10(17)18)16-15-5(3-13)4-14/h1-2,16H,(H,17,18). The quantitative estimate of drug-likeness (QED) is 0.623. The SMILES string of the molecule is N#CC(C#N)=NNc1cc(C(=O)O)c(F)cc1F. The van der Waals surface area contributed by atoms with Gasteiger partial charge in [0.05, 0.1) is 11.3 Å². The Labute approximate surface area is 99.4 Å². The maximum Gasteiger partial charge on any atom is 0.338 e. The van der Waals surface area contributed by atoms with Crippen molar-refractivity contribution in [3.05, 3.63) is 29.3 Å². The third-order valence-corrected chi connectivity index (χ3v) is 1.79. The van der Waals surface area contributed by atoms with Crippen LogP contribution in [0.5, 0.6) is 0 Å². The molecule has 1 rings (SSSR count). The van der Waals surface area contributed by atoms with Gasteiger partial charge in [-0.2, -0.15) is 15.6 Å². The molecule has 0 atom stereocenters. The average Bonchev–Trinajstić information content (AvgIpc) is 2.32. The number of nitrogens with one attached hydrogen (secondary N) is 1. The number of aromatic carboxylic acids is 1. The van der Waals surface area contributed by atoms with Gasteiger partial charge < -0.3 is 5.11 Å². The highest BCUT2D eigenvalue weighted by Crippen LogP contribution is 2.19. The summed E-state index contributed by atoms with van der Waals surface area (Å²) in [4.78, 5) is 10.6. The van der Waals surface area contributed by atoms with Crippen molar-refractivity contribution in [3.8, 4) is 12.1 Å². The zero-order valence-corrected chi connectivity index (χ0v) is 8.61. The van der Waals surface area contributed by atoms with Crippen LogP contribution in [0.25, 0.3) is 0 Å². The van der Waals surface area contributed by atoms with E-state index in [1.54, 1.807) is 0 Å². The fourth-order valence-electron chi connectivity index (χ4n) is 0.990. The number of nitriles is 2. The van der Waals surface area contributed by atoms with Crippen molar-refractivity contribution in [1.29, 1.82) is 10.5 Å². The number of rotatable bonds is 3. The summed E-state index contributed by atoms with van der Waals surface area (Å²) in [6, 6.07) is 3.84. The molecule has 0 saturated heterocycles. The van der Waals surface area contributed by atoms with Crippen LogP contribution in [-0.4, -0.2) is 16.8 Å². The van der Waals surface area contributed by atoms with Gasteiger partial charge in [-0.3, -0.25) is 5.43 Å². The lowest BCUT2D eigenvalue weighted by Gasteiger charge is -2.04. The molecule has 0 saturated carbocycles. The van der Waals surface area contributed by atoms with Gasteiger partial charge in [-0.1, -0.05) is 0 Å². The topological polar surface area (TPSA) is 109 Å². The Bertz CT molecular complexity index is 598. The van der Waals surface area contributed by atoms with Gasteiger partial charge in [0.25, 0.3) is 0 Å². The molecule has 90 valence electrons. The summed E-state index contributed by atoms with van der Waals surface area (Å²) in [5.41, 5.74) is 0.167. The van der Waals surface area contributed by atoms with E-state index in [1.165, 1.54) is 12.1 Å². The second kappa shape index (κ2) is 5.37. The maximum atomic E-state index is 13.2. The van der Waals surface area contributed by atoms with E-state index in [9.17, 15) is 13.6 Å². The number of halogens is 2. The Morgan fingerprint density at radius 3 is 2.39 bits per heavy atom. The highest BCUT2D eigenvalue weighted by molar-refractivity contribution is 6.10. The largest absolute Gasteiger partial charge is 0.478 e. The van der Waals surface area contributed by atoms with Crippen molar-refractivity contribution >= 4 is 17.4 Å². The molecule has 0 bridgehead atoms. The smallest absolute Gasteiger partial charge is 0.338 e. The fraction of sp³-hybridized carbons (Fsp3) is 0. The first-order chi connectivity index (χ1) is 8.49. The fourth-order valence-corrected chi connectivity index (χ4v) is 0.990. The predicted molar refractivity (Wildman–Crippen MR) is 55.6 cm³/mol. The van der Waals surface area contributed by atoms with E-state index in [2.05, 4.69) is 5.10 Å². The summed E-state index contributed by atoms with van der Waals surface area (Å²) in [5.74, 6) is -3.92. The summed E-state index contributed by atoms with van der Waals surface area (Å²) in [6.07, 6.45) is 0. The Balaban J connectivity index is 3.16. The second-order valence-corrected chi connectivity index (χ2v) is 2.91. The first kappa shape index (κ1) is 13.1. The highest BCUT2D eigenvalue weighted by atomic mass is 19.1. The molecule has 18 heavy (non-hydrogen) atoms. The van der Waals surface area contributed by atoms with Gasteiger partial charge in [-0.05, 0) is 6.07 Å². The van der Waals surface area contributed by atoms with E-state index in [1.807, 2.05) is 5.43 Å². The lowest BCUT2D eigenvalue weighted by molar-refractivity contribution is 0.0692. The number of anilines is 1. The van der Waals surface area contributed by atoms with Crippen molar-refractivity contribution in [2.75, 3.05) is 5.43 Å². The summed E-state index contributed by atoms with van der Waals surface area (Å²) in [5, 5.41) is 28.6. The van der Waals surface area contributed by atoms with E-state index < -0.39 is 34.6 Å². The number of hydrogen-bond acceptors (Lipinski definition) is 5. The summed E-state index contributed by atoms with van der Waals surface area (Å²) in [6.45, 7) is 0. The zero-order valence-electron chi connectivity index (χ0n) is 8.61. The lowest BCUT2D eigenvalue weighted by atomic mass is 10.2. The van der Waals surface area contributed by atoms with Gasteiger partial charge in [0, 0.05) is 6.07 Å². The molecule has 0 aliphatic rings. The number of hydrazone groups is 1. The number of benzene rings is 1. The van der Waals surface area contributed by atoms with Gasteiger partial charge in [-0.15, -0.1) is 0 Å². The molecule has 0 fully saturated rings. The van der Waals surface area contributed by atoms with Crippen LogP contribution in [0.2, 0.25) is 0 Å². The van der Waals surface area contributed by atoms with Gasteiger partial charge in [0.2, 0.25) is 5.71 Å².